The molecule has 1 nitrogen and oxygen atoms in total. The highest BCUT2D eigenvalue weighted by atomic mass is 79.9. The van der Waals surface area contributed by atoms with Gasteiger partial charge in [-0.05, 0) is 23.6 Å². The molecule has 0 aromatic heterocycles. The summed E-state index contributed by atoms with van der Waals surface area (Å²) in [6, 6.07) is 5.87. The molecule has 0 saturated heterocycles. The van der Waals surface area contributed by atoms with Gasteiger partial charge in [-0.1, -0.05) is 60.3 Å². The zero-order valence-corrected chi connectivity index (χ0v) is 12.3. The molecule has 1 unspecified atom stereocenters. The minimum Gasteiger partial charge on any atom is -0.497 e. The van der Waals surface area contributed by atoms with E-state index >= 15 is 0 Å². The largest absolute Gasteiger partial charge is 0.497 e. The molecule has 0 bridgehead atoms. The van der Waals surface area contributed by atoms with Gasteiger partial charge < -0.3 is 4.74 Å². The lowest BCUT2D eigenvalue weighted by Crippen LogP contribution is -2.06. The van der Waals surface area contributed by atoms with E-state index in [2.05, 4.69) is 29.8 Å². The van der Waals surface area contributed by atoms with Crippen molar-refractivity contribution in [1.29, 1.82) is 0 Å². The van der Waals surface area contributed by atoms with Crippen LogP contribution in [0.25, 0.3) is 0 Å². The Kier molecular flexibility index (Phi) is 5.63. The van der Waals surface area contributed by atoms with Crippen LogP contribution in [0.4, 0.5) is 0 Å². The molecular weight excluding hydrogens is 287 g/mol. The Morgan fingerprint density at radius 1 is 1.31 bits per heavy atom. The number of benzene rings is 1. The van der Waals surface area contributed by atoms with Crippen molar-refractivity contribution < 1.29 is 4.74 Å². The fraction of sp³-hybridized carbons (Fsp3) is 0.538. The minimum atomic E-state index is 0.320. The summed E-state index contributed by atoms with van der Waals surface area (Å²) in [6.45, 7) is 4.42. The van der Waals surface area contributed by atoms with Gasteiger partial charge in [-0.2, -0.15) is 0 Å². The molecule has 90 valence electrons. The number of hydrogen-bond acceptors (Lipinski definition) is 1. The van der Waals surface area contributed by atoms with Crippen molar-refractivity contribution in [3.05, 3.63) is 28.8 Å². The van der Waals surface area contributed by atoms with Crippen LogP contribution in [0.5, 0.6) is 5.75 Å². The Hall–Kier alpha value is -0.210. The second kappa shape index (κ2) is 6.51. The van der Waals surface area contributed by atoms with Crippen LogP contribution in [-0.4, -0.2) is 7.11 Å². The van der Waals surface area contributed by atoms with Crippen LogP contribution in [0.2, 0.25) is 5.02 Å². The molecule has 3 heteroatoms. The highest BCUT2D eigenvalue weighted by Gasteiger charge is 2.19. The average molecular weight is 306 g/mol. The number of alkyl halides is 1. The predicted octanol–water partition coefficient (Wildman–Crippen LogP) is 5.22. The number of halogens is 2. The van der Waals surface area contributed by atoms with Gasteiger partial charge in [-0.15, -0.1) is 0 Å². The Morgan fingerprint density at radius 3 is 2.38 bits per heavy atom. The smallest absolute Gasteiger partial charge is 0.120 e. The van der Waals surface area contributed by atoms with Crippen LogP contribution < -0.4 is 4.74 Å². The molecule has 0 radical (unpaired) electrons. The summed E-state index contributed by atoms with van der Waals surface area (Å²) >= 11 is 10.00. The molecule has 0 aliphatic rings. The molecule has 0 heterocycles. The van der Waals surface area contributed by atoms with Crippen LogP contribution >= 0.6 is 27.5 Å². The molecule has 1 aromatic rings. The second-order valence-electron chi connectivity index (χ2n) is 3.87. The molecule has 1 atom stereocenters. The zero-order valence-electron chi connectivity index (χ0n) is 9.97. The zero-order chi connectivity index (χ0) is 12.1. The summed E-state index contributed by atoms with van der Waals surface area (Å²) in [5.74, 6) is 1.42. The first-order chi connectivity index (χ1) is 7.63. The molecule has 16 heavy (non-hydrogen) atoms. The van der Waals surface area contributed by atoms with Crippen LogP contribution in [-0.2, 0) is 0 Å². The van der Waals surface area contributed by atoms with E-state index in [1.807, 2.05) is 18.2 Å². The Balaban J connectivity index is 2.95. The van der Waals surface area contributed by atoms with Gasteiger partial charge >= 0.3 is 0 Å². The standard InChI is InChI=1S/C13H18BrClO/c1-4-9(5-2)13(14)11-7-6-10(16-3)8-12(11)15/h6-9,13H,4-5H2,1-3H3. The molecule has 1 aromatic carbocycles. The van der Waals surface area contributed by atoms with E-state index in [9.17, 15) is 0 Å². The van der Waals surface area contributed by atoms with Crippen LogP contribution in [0, 0.1) is 5.92 Å². The van der Waals surface area contributed by atoms with E-state index in [-0.39, 0.29) is 0 Å². The monoisotopic (exact) mass is 304 g/mol. The minimum absolute atomic E-state index is 0.320. The lowest BCUT2D eigenvalue weighted by atomic mass is 9.94. The normalized spacial score (nSPS) is 12.9. The van der Waals surface area contributed by atoms with E-state index in [0.29, 0.717) is 10.7 Å². The quantitative estimate of drug-likeness (QED) is 0.678. The Labute approximate surface area is 111 Å². The molecule has 0 spiro atoms. The van der Waals surface area contributed by atoms with Crippen LogP contribution in [0.15, 0.2) is 18.2 Å². The lowest BCUT2D eigenvalue weighted by molar-refractivity contribution is 0.414. The summed E-state index contributed by atoms with van der Waals surface area (Å²) < 4.78 is 5.14. The molecular formula is C13H18BrClO. The van der Waals surface area contributed by atoms with Gasteiger partial charge in [0.15, 0.2) is 0 Å². The lowest BCUT2D eigenvalue weighted by Gasteiger charge is -2.21. The van der Waals surface area contributed by atoms with Crippen molar-refractivity contribution in [2.45, 2.75) is 31.5 Å². The highest BCUT2D eigenvalue weighted by molar-refractivity contribution is 9.09. The van der Waals surface area contributed by atoms with Gasteiger partial charge in [0.05, 0.1) is 7.11 Å². The van der Waals surface area contributed by atoms with E-state index in [0.717, 1.165) is 29.2 Å². The number of ether oxygens (including phenoxy) is 1. The number of methoxy groups -OCH3 is 1. The SMILES string of the molecule is CCC(CC)C(Br)c1ccc(OC)cc1Cl. The predicted molar refractivity (Wildman–Crippen MR) is 73.7 cm³/mol. The van der Waals surface area contributed by atoms with Gasteiger partial charge in [-0.25, -0.2) is 0 Å². The van der Waals surface area contributed by atoms with Crippen LogP contribution in [0.3, 0.4) is 0 Å². The van der Waals surface area contributed by atoms with Crippen molar-refractivity contribution in [2.75, 3.05) is 7.11 Å². The van der Waals surface area contributed by atoms with Gasteiger partial charge in [-0.3, -0.25) is 0 Å². The average Bonchev–Trinajstić information content (AvgIpc) is 2.30. The third kappa shape index (κ3) is 3.14. The molecule has 0 fully saturated rings. The first-order valence-corrected chi connectivity index (χ1v) is 6.90. The number of rotatable bonds is 5. The summed E-state index contributed by atoms with van der Waals surface area (Å²) in [6.07, 6.45) is 2.30. The molecule has 0 aliphatic carbocycles. The van der Waals surface area contributed by atoms with Crippen LogP contribution in [0.1, 0.15) is 37.1 Å². The van der Waals surface area contributed by atoms with Crippen molar-refractivity contribution in [3.8, 4) is 5.75 Å². The first-order valence-electron chi connectivity index (χ1n) is 5.61. The summed E-state index contributed by atoms with van der Waals surface area (Å²) in [5, 5.41) is 0.771. The van der Waals surface area contributed by atoms with Gasteiger partial charge in [0.25, 0.3) is 0 Å². The molecule has 0 N–H and O–H groups in total. The Bertz CT molecular complexity index is 337. The molecule has 0 aliphatic heterocycles. The third-order valence-corrected chi connectivity index (χ3v) is 4.54. The maximum Gasteiger partial charge on any atom is 0.120 e. The molecule has 0 saturated carbocycles. The number of hydrogen-bond donors (Lipinski definition) is 0. The van der Waals surface area contributed by atoms with Gasteiger partial charge in [0.2, 0.25) is 0 Å². The fourth-order valence-electron chi connectivity index (χ4n) is 1.81. The van der Waals surface area contributed by atoms with Crippen molar-refractivity contribution in [2.24, 2.45) is 5.92 Å². The van der Waals surface area contributed by atoms with Crippen molar-refractivity contribution in [3.63, 3.8) is 0 Å². The van der Waals surface area contributed by atoms with Gasteiger partial charge in [0, 0.05) is 9.85 Å². The van der Waals surface area contributed by atoms with E-state index in [1.54, 1.807) is 7.11 Å². The van der Waals surface area contributed by atoms with Crippen molar-refractivity contribution >= 4 is 27.5 Å². The highest BCUT2D eigenvalue weighted by Crippen LogP contribution is 2.39. The summed E-state index contributed by atoms with van der Waals surface area (Å²) in [7, 11) is 1.65. The maximum absolute atomic E-state index is 6.25. The van der Waals surface area contributed by atoms with E-state index in [4.69, 9.17) is 16.3 Å². The van der Waals surface area contributed by atoms with E-state index in [1.165, 1.54) is 0 Å². The molecule has 0 amide bonds. The topological polar surface area (TPSA) is 9.23 Å². The maximum atomic E-state index is 6.25. The summed E-state index contributed by atoms with van der Waals surface area (Å²) in [4.78, 5) is 0.320. The Morgan fingerprint density at radius 2 is 1.94 bits per heavy atom. The van der Waals surface area contributed by atoms with Crippen molar-refractivity contribution in [1.82, 2.24) is 0 Å². The van der Waals surface area contributed by atoms with Gasteiger partial charge in [0.1, 0.15) is 5.75 Å². The molecule has 1 rings (SSSR count). The third-order valence-electron chi connectivity index (χ3n) is 2.97. The first kappa shape index (κ1) is 13.9. The fourth-order valence-corrected chi connectivity index (χ4v) is 3.38. The second-order valence-corrected chi connectivity index (χ2v) is 5.26. The summed E-state index contributed by atoms with van der Waals surface area (Å²) in [5.41, 5.74) is 1.15. The van der Waals surface area contributed by atoms with E-state index < -0.39 is 0 Å².